The highest BCUT2D eigenvalue weighted by molar-refractivity contribution is 5.93. The number of benzene rings is 1. The van der Waals surface area contributed by atoms with Crippen molar-refractivity contribution in [3.05, 3.63) is 63.6 Å². The third-order valence-electron chi connectivity index (χ3n) is 2.57. The van der Waals surface area contributed by atoms with Crippen LogP contribution in [0.15, 0.2) is 35.3 Å². The second-order valence-electron chi connectivity index (χ2n) is 3.99. The number of H-pyrrole nitrogens is 1. The molecule has 1 amide bonds. The molecule has 98 valence electrons. The van der Waals surface area contributed by atoms with Gasteiger partial charge in [0.1, 0.15) is 17.2 Å². The van der Waals surface area contributed by atoms with Crippen molar-refractivity contribution >= 4 is 5.91 Å². The minimum Gasteiger partial charge on any atom is -0.348 e. The summed E-state index contributed by atoms with van der Waals surface area (Å²) < 4.78 is 13.3. The Labute approximate surface area is 108 Å². The number of hydrogen-bond donors (Lipinski definition) is 2. The second-order valence-corrected chi connectivity index (χ2v) is 3.99. The third-order valence-corrected chi connectivity index (χ3v) is 2.57. The molecule has 6 heteroatoms. The summed E-state index contributed by atoms with van der Waals surface area (Å²) in [6, 6.07) is 6.11. The van der Waals surface area contributed by atoms with Crippen LogP contribution in [0.2, 0.25) is 0 Å². The Morgan fingerprint density at radius 3 is 2.84 bits per heavy atom. The predicted octanol–water partition coefficient (Wildman–Crippen LogP) is 1.15. The zero-order chi connectivity index (χ0) is 13.8. The Bertz CT molecular complexity index is 667. The summed E-state index contributed by atoms with van der Waals surface area (Å²) in [5.41, 5.74) is -0.257. The van der Waals surface area contributed by atoms with E-state index in [1.807, 2.05) is 0 Å². The van der Waals surface area contributed by atoms with Gasteiger partial charge in [0.15, 0.2) is 0 Å². The first-order chi connectivity index (χ1) is 9.08. The number of aromatic nitrogens is 2. The predicted molar refractivity (Wildman–Crippen MR) is 67.2 cm³/mol. The summed E-state index contributed by atoms with van der Waals surface area (Å²) in [6.45, 7) is 1.63. The van der Waals surface area contributed by atoms with Crippen molar-refractivity contribution in [3.63, 3.8) is 0 Å². The molecule has 1 heterocycles. The lowest BCUT2D eigenvalue weighted by Crippen LogP contribution is -2.30. The molecule has 1 aromatic heterocycles. The maximum absolute atomic E-state index is 13.3. The number of amides is 1. The van der Waals surface area contributed by atoms with Crippen LogP contribution in [0.5, 0.6) is 0 Å². The lowest BCUT2D eigenvalue weighted by molar-refractivity contribution is 0.0948. The molecule has 0 aliphatic rings. The van der Waals surface area contributed by atoms with Gasteiger partial charge in [-0.1, -0.05) is 18.2 Å². The van der Waals surface area contributed by atoms with Gasteiger partial charge in [0, 0.05) is 18.3 Å². The van der Waals surface area contributed by atoms with Crippen LogP contribution in [0.3, 0.4) is 0 Å². The molecule has 0 saturated carbocycles. The van der Waals surface area contributed by atoms with Gasteiger partial charge in [-0.15, -0.1) is 0 Å². The molecule has 19 heavy (non-hydrogen) atoms. The second kappa shape index (κ2) is 5.43. The highest BCUT2D eigenvalue weighted by Gasteiger charge is 2.11. The summed E-state index contributed by atoms with van der Waals surface area (Å²) in [5, 5.41) is 2.48. The molecule has 2 rings (SSSR count). The van der Waals surface area contributed by atoms with E-state index in [2.05, 4.69) is 15.3 Å². The van der Waals surface area contributed by atoms with Crippen LogP contribution < -0.4 is 10.9 Å². The Morgan fingerprint density at radius 2 is 2.16 bits per heavy atom. The largest absolute Gasteiger partial charge is 0.348 e. The maximum Gasteiger partial charge on any atom is 0.263 e. The van der Waals surface area contributed by atoms with Crippen LogP contribution in [0.1, 0.15) is 21.7 Å². The number of halogens is 1. The fourth-order valence-corrected chi connectivity index (χ4v) is 1.56. The van der Waals surface area contributed by atoms with Crippen molar-refractivity contribution in [2.75, 3.05) is 0 Å². The van der Waals surface area contributed by atoms with Crippen LogP contribution in [-0.2, 0) is 6.54 Å². The monoisotopic (exact) mass is 261 g/mol. The minimum absolute atomic E-state index is 0.0127. The van der Waals surface area contributed by atoms with E-state index in [0.29, 0.717) is 11.4 Å². The number of rotatable bonds is 3. The molecular weight excluding hydrogens is 249 g/mol. The molecule has 0 atom stereocenters. The summed E-state index contributed by atoms with van der Waals surface area (Å²) in [6.07, 6.45) is 1.20. The highest BCUT2D eigenvalue weighted by Crippen LogP contribution is 2.05. The van der Waals surface area contributed by atoms with Crippen molar-refractivity contribution in [3.8, 4) is 0 Å². The molecule has 5 nitrogen and oxygen atoms in total. The van der Waals surface area contributed by atoms with E-state index in [4.69, 9.17) is 0 Å². The molecule has 0 fully saturated rings. The summed E-state index contributed by atoms with van der Waals surface area (Å²) in [7, 11) is 0. The SMILES string of the molecule is Cc1ncc(C(=O)NCc2ccccc2F)c(=O)[nH]1. The van der Waals surface area contributed by atoms with Gasteiger partial charge in [-0.3, -0.25) is 9.59 Å². The average molecular weight is 261 g/mol. The van der Waals surface area contributed by atoms with Crippen LogP contribution >= 0.6 is 0 Å². The number of aryl methyl sites for hydroxylation is 1. The minimum atomic E-state index is -0.586. The Morgan fingerprint density at radius 1 is 1.42 bits per heavy atom. The van der Waals surface area contributed by atoms with Crippen molar-refractivity contribution in [2.45, 2.75) is 13.5 Å². The van der Waals surface area contributed by atoms with Gasteiger partial charge >= 0.3 is 0 Å². The summed E-state index contributed by atoms with van der Waals surface area (Å²) in [5.74, 6) is -0.564. The first kappa shape index (κ1) is 12.9. The van der Waals surface area contributed by atoms with E-state index < -0.39 is 17.3 Å². The van der Waals surface area contributed by atoms with Crippen LogP contribution in [0.25, 0.3) is 0 Å². The molecule has 0 bridgehead atoms. The molecule has 0 spiro atoms. The first-order valence-corrected chi connectivity index (χ1v) is 5.65. The molecule has 1 aromatic carbocycles. The van der Waals surface area contributed by atoms with Gasteiger partial charge in [-0.2, -0.15) is 0 Å². The maximum atomic E-state index is 13.3. The van der Waals surface area contributed by atoms with Crippen molar-refractivity contribution in [1.82, 2.24) is 15.3 Å². The number of nitrogens with one attached hydrogen (secondary N) is 2. The molecule has 0 aliphatic heterocycles. The highest BCUT2D eigenvalue weighted by atomic mass is 19.1. The van der Waals surface area contributed by atoms with Gasteiger partial charge < -0.3 is 10.3 Å². The molecule has 0 radical (unpaired) electrons. The lowest BCUT2D eigenvalue weighted by Gasteiger charge is -2.05. The van der Waals surface area contributed by atoms with Crippen LogP contribution in [0, 0.1) is 12.7 Å². The fraction of sp³-hybridized carbons (Fsp3) is 0.154. The number of carbonyl (C=O) groups is 1. The smallest absolute Gasteiger partial charge is 0.263 e. The quantitative estimate of drug-likeness (QED) is 0.870. The third kappa shape index (κ3) is 3.04. The number of nitrogens with zero attached hydrogens (tertiary/aromatic N) is 1. The van der Waals surface area contributed by atoms with E-state index in [1.54, 1.807) is 25.1 Å². The number of carbonyl (C=O) groups excluding carboxylic acids is 1. The molecule has 0 aliphatic carbocycles. The normalized spacial score (nSPS) is 10.2. The fourth-order valence-electron chi connectivity index (χ4n) is 1.56. The molecule has 0 saturated heterocycles. The van der Waals surface area contributed by atoms with E-state index >= 15 is 0 Å². The van der Waals surface area contributed by atoms with E-state index in [-0.39, 0.29) is 12.1 Å². The van der Waals surface area contributed by atoms with Crippen molar-refractivity contribution in [2.24, 2.45) is 0 Å². The molecular formula is C13H12FN3O2. The standard InChI is InChI=1S/C13H12FN3O2/c1-8-15-7-10(13(19)17-8)12(18)16-6-9-4-2-3-5-11(9)14/h2-5,7H,6H2,1H3,(H,16,18)(H,15,17,19). The molecule has 0 unspecified atom stereocenters. The van der Waals surface area contributed by atoms with Crippen LogP contribution in [-0.4, -0.2) is 15.9 Å². The van der Waals surface area contributed by atoms with E-state index in [0.717, 1.165) is 0 Å². The first-order valence-electron chi connectivity index (χ1n) is 5.65. The molecule has 2 N–H and O–H groups in total. The van der Waals surface area contributed by atoms with E-state index in [1.165, 1.54) is 12.3 Å². The zero-order valence-corrected chi connectivity index (χ0v) is 10.2. The lowest BCUT2D eigenvalue weighted by atomic mass is 10.2. The van der Waals surface area contributed by atoms with Gasteiger partial charge in [-0.05, 0) is 13.0 Å². The van der Waals surface area contributed by atoms with Gasteiger partial charge in [-0.25, -0.2) is 9.37 Å². The number of aromatic amines is 1. The van der Waals surface area contributed by atoms with Crippen molar-refractivity contribution < 1.29 is 9.18 Å². The van der Waals surface area contributed by atoms with Crippen LogP contribution in [0.4, 0.5) is 4.39 Å². The molecule has 2 aromatic rings. The topological polar surface area (TPSA) is 74.8 Å². The number of hydrogen-bond acceptors (Lipinski definition) is 3. The Balaban J connectivity index is 2.10. The average Bonchev–Trinajstić information content (AvgIpc) is 2.37. The summed E-state index contributed by atoms with van der Waals surface area (Å²) in [4.78, 5) is 29.6. The Kier molecular flexibility index (Phi) is 3.70. The van der Waals surface area contributed by atoms with Gasteiger partial charge in [0.2, 0.25) is 0 Å². The van der Waals surface area contributed by atoms with Gasteiger partial charge in [0.25, 0.3) is 11.5 Å². The Hall–Kier alpha value is -2.50. The zero-order valence-electron chi connectivity index (χ0n) is 10.2. The van der Waals surface area contributed by atoms with Gasteiger partial charge in [0.05, 0.1) is 0 Å². The summed E-state index contributed by atoms with van der Waals surface area (Å²) >= 11 is 0. The van der Waals surface area contributed by atoms with Crippen molar-refractivity contribution in [1.29, 1.82) is 0 Å². The van der Waals surface area contributed by atoms with E-state index in [9.17, 15) is 14.0 Å².